The first-order valence-electron chi connectivity index (χ1n) is 6.81. The topological polar surface area (TPSA) is 66.3 Å². The van der Waals surface area contributed by atoms with Crippen LogP contribution in [-0.2, 0) is 4.79 Å². The third-order valence-electron chi connectivity index (χ3n) is 4.06. The molecule has 0 saturated carbocycles. The molecule has 20 heavy (non-hydrogen) atoms. The fraction of sp³-hybridized carbons (Fsp3) is 0.400. The average molecular weight is 271 g/mol. The van der Waals surface area contributed by atoms with Gasteiger partial charge in [0.2, 0.25) is 0 Å². The molecular formula is C15H17N3O2. The van der Waals surface area contributed by atoms with Gasteiger partial charge in [0, 0.05) is 12.6 Å². The van der Waals surface area contributed by atoms with Gasteiger partial charge in [0.25, 0.3) is 0 Å². The maximum atomic E-state index is 11.2. The van der Waals surface area contributed by atoms with Crippen LogP contribution >= 0.6 is 0 Å². The van der Waals surface area contributed by atoms with E-state index in [0.29, 0.717) is 13.0 Å². The van der Waals surface area contributed by atoms with E-state index in [1.165, 1.54) is 0 Å². The van der Waals surface area contributed by atoms with Crippen LogP contribution in [0.1, 0.15) is 19.0 Å². The Morgan fingerprint density at radius 1 is 1.30 bits per heavy atom. The number of rotatable bonds is 2. The Labute approximate surface area is 117 Å². The van der Waals surface area contributed by atoms with Gasteiger partial charge in [-0.1, -0.05) is 12.1 Å². The van der Waals surface area contributed by atoms with Crippen LogP contribution in [0.4, 0.5) is 5.82 Å². The summed E-state index contributed by atoms with van der Waals surface area (Å²) in [7, 11) is 0. The number of fused-ring (bicyclic) bond motifs is 1. The van der Waals surface area contributed by atoms with E-state index >= 15 is 0 Å². The predicted octanol–water partition coefficient (Wildman–Crippen LogP) is 2.24. The Balaban J connectivity index is 2.02. The second kappa shape index (κ2) is 4.74. The molecule has 0 amide bonds. The molecule has 5 nitrogen and oxygen atoms in total. The van der Waals surface area contributed by atoms with Crippen molar-refractivity contribution in [2.45, 2.75) is 26.3 Å². The summed E-state index contributed by atoms with van der Waals surface area (Å²) in [6, 6.07) is 7.69. The van der Waals surface area contributed by atoms with E-state index in [4.69, 9.17) is 0 Å². The lowest BCUT2D eigenvalue weighted by molar-refractivity contribution is -0.141. The first kappa shape index (κ1) is 12.8. The molecule has 2 heterocycles. The number of benzene rings is 1. The number of aromatic nitrogens is 2. The molecule has 1 fully saturated rings. The smallest absolute Gasteiger partial charge is 0.308 e. The number of hydrogen-bond donors (Lipinski definition) is 1. The lowest BCUT2D eigenvalue weighted by Gasteiger charge is -2.25. The molecule has 1 aromatic heterocycles. The van der Waals surface area contributed by atoms with Crippen LogP contribution in [0.3, 0.4) is 0 Å². The molecule has 104 valence electrons. The molecule has 5 heteroatoms. The number of hydrogen-bond acceptors (Lipinski definition) is 4. The lowest BCUT2D eigenvalue weighted by atomic mass is 10.0. The summed E-state index contributed by atoms with van der Waals surface area (Å²) >= 11 is 0. The highest BCUT2D eigenvalue weighted by Gasteiger charge is 2.37. The van der Waals surface area contributed by atoms with Gasteiger partial charge >= 0.3 is 5.97 Å². The Hall–Kier alpha value is -2.17. The highest BCUT2D eigenvalue weighted by atomic mass is 16.4. The lowest BCUT2D eigenvalue weighted by Crippen LogP contribution is -2.34. The zero-order valence-corrected chi connectivity index (χ0v) is 11.6. The summed E-state index contributed by atoms with van der Waals surface area (Å²) in [5.74, 6) is -0.256. The fourth-order valence-electron chi connectivity index (χ4n) is 2.92. The largest absolute Gasteiger partial charge is 0.481 e. The quantitative estimate of drug-likeness (QED) is 0.907. The van der Waals surface area contributed by atoms with Crippen molar-refractivity contribution in [3.8, 4) is 0 Å². The van der Waals surface area contributed by atoms with Crippen LogP contribution < -0.4 is 4.90 Å². The summed E-state index contributed by atoms with van der Waals surface area (Å²) in [4.78, 5) is 22.5. The maximum Gasteiger partial charge on any atom is 0.308 e. The zero-order valence-electron chi connectivity index (χ0n) is 11.6. The van der Waals surface area contributed by atoms with Gasteiger partial charge in [-0.2, -0.15) is 0 Å². The Morgan fingerprint density at radius 2 is 1.95 bits per heavy atom. The molecule has 0 radical (unpaired) electrons. The number of carboxylic acid groups (broad SMARTS) is 1. The van der Waals surface area contributed by atoms with Crippen molar-refractivity contribution in [2.75, 3.05) is 11.4 Å². The molecule has 1 aliphatic heterocycles. The standard InChI is InChI=1S/C15H17N3O2/c1-9-14(17-13-6-4-3-5-12(13)16-9)18-8-7-11(10(18)2)15(19)20/h3-6,10-11H,7-8H2,1-2H3,(H,19,20). The van der Waals surface area contributed by atoms with E-state index in [2.05, 4.69) is 14.9 Å². The summed E-state index contributed by atoms with van der Waals surface area (Å²) in [5, 5.41) is 9.23. The van der Waals surface area contributed by atoms with Crippen molar-refractivity contribution in [1.82, 2.24) is 9.97 Å². The maximum absolute atomic E-state index is 11.2. The van der Waals surface area contributed by atoms with Crippen LogP contribution in [-0.4, -0.2) is 33.6 Å². The molecule has 2 aromatic rings. The zero-order chi connectivity index (χ0) is 14.3. The number of anilines is 1. The van der Waals surface area contributed by atoms with Gasteiger partial charge < -0.3 is 10.0 Å². The minimum Gasteiger partial charge on any atom is -0.481 e. The monoisotopic (exact) mass is 271 g/mol. The van der Waals surface area contributed by atoms with E-state index in [1.54, 1.807) is 0 Å². The van der Waals surface area contributed by atoms with E-state index in [0.717, 1.165) is 22.5 Å². The molecular weight excluding hydrogens is 254 g/mol. The fourth-order valence-corrected chi connectivity index (χ4v) is 2.92. The van der Waals surface area contributed by atoms with Crippen LogP contribution in [0.15, 0.2) is 24.3 Å². The van der Waals surface area contributed by atoms with E-state index in [-0.39, 0.29) is 12.0 Å². The van der Waals surface area contributed by atoms with Crippen LogP contribution in [0.25, 0.3) is 11.0 Å². The second-order valence-corrected chi connectivity index (χ2v) is 5.29. The minimum atomic E-state index is -0.730. The van der Waals surface area contributed by atoms with Crippen LogP contribution in [0.5, 0.6) is 0 Å². The number of aliphatic carboxylic acids is 1. The highest BCUT2D eigenvalue weighted by Crippen LogP contribution is 2.31. The van der Waals surface area contributed by atoms with Crippen molar-refractivity contribution >= 4 is 22.8 Å². The highest BCUT2D eigenvalue weighted by molar-refractivity contribution is 5.77. The Kier molecular flexibility index (Phi) is 3.04. The molecule has 1 aliphatic rings. The van der Waals surface area contributed by atoms with Crippen molar-refractivity contribution in [2.24, 2.45) is 5.92 Å². The first-order valence-corrected chi connectivity index (χ1v) is 6.81. The molecule has 2 atom stereocenters. The average Bonchev–Trinajstić information content (AvgIpc) is 2.80. The number of carboxylic acids is 1. The van der Waals surface area contributed by atoms with Crippen molar-refractivity contribution in [3.63, 3.8) is 0 Å². The molecule has 0 spiro atoms. The van der Waals surface area contributed by atoms with Gasteiger partial charge in [0.05, 0.1) is 22.6 Å². The third-order valence-corrected chi connectivity index (χ3v) is 4.06. The molecule has 1 saturated heterocycles. The van der Waals surface area contributed by atoms with E-state index in [9.17, 15) is 9.90 Å². The third kappa shape index (κ3) is 1.99. The number of carbonyl (C=O) groups is 1. The minimum absolute atomic E-state index is 0.0540. The summed E-state index contributed by atoms with van der Waals surface area (Å²) in [6.07, 6.45) is 0.657. The van der Waals surface area contributed by atoms with Gasteiger partial charge in [-0.15, -0.1) is 0 Å². The Morgan fingerprint density at radius 3 is 2.55 bits per heavy atom. The van der Waals surface area contributed by atoms with Crippen LogP contribution in [0, 0.1) is 12.8 Å². The number of nitrogens with zero attached hydrogens (tertiary/aromatic N) is 3. The van der Waals surface area contributed by atoms with Gasteiger partial charge in [0.1, 0.15) is 0 Å². The summed E-state index contributed by atoms with van der Waals surface area (Å²) in [5.41, 5.74) is 2.57. The van der Waals surface area contributed by atoms with Gasteiger partial charge in [-0.05, 0) is 32.4 Å². The molecule has 0 bridgehead atoms. The molecule has 1 N–H and O–H groups in total. The predicted molar refractivity (Wildman–Crippen MR) is 76.8 cm³/mol. The molecule has 3 rings (SSSR count). The summed E-state index contributed by atoms with van der Waals surface area (Å²) in [6.45, 7) is 4.59. The molecule has 1 aromatic carbocycles. The van der Waals surface area contributed by atoms with Crippen molar-refractivity contribution < 1.29 is 9.90 Å². The van der Waals surface area contributed by atoms with Gasteiger partial charge in [0.15, 0.2) is 5.82 Å². The normalized spacial score (nSPS) is 22.4. The molecule has 2 unspecified atom stereocenters. The van der Waals surface area contributed by atoms with E-state index in [1.807, 2.05) is 38.1 Å². The van der Waals surface area contributed by atoms with Crippen molar-refractivity contribution in [1.29, 1.82) is 0 Å². The van der Waals surface area contributed by atoms with Crippen molar-refractivity contribution in [3.05, 3.63) is 30.0 Å². The first-order chi connectivity index (χ1) is 9.58. The second-order valence-electron chi connectivity index (χ2n) is 5.29. The summed E-state index contributed by atoms with van der Waals surface area (Å²) < 4.78 is 0. The SMILES string of the molecule is Cc1nc2ccccc2nc1N1CCC(C(=O)O)C1C. The number of aryl methyl sites for hydroxylation is 1. The number of para-hydroxylation sites is 2. The van der Waals surface area contributed by atoms with Gasteiger partial charge in [-0.3, -0.25) is 4.79 Å². The Bertz CT molecular complexity index is 671. The molecule has 0 aliphatic carbocycles. The van der Waals surface area contributed by atoms with Gasteiger partial charge in [-0.25, -0.2) is 9.97 Å². The van der Waals surface area contributed by atoms with Crippen LogP contribution in [0.2, 0.25) is 0 Å². The van der Waals surface area contributed by atoms with E-state index < -0.39 is 5.97 Å².